The molecule has 1 amide bonds. The number of halogens is 2. The Hall–Kier alpha value is -1.88. The Morgan fingerprint density at radius 3 is 2.57 bits per heavy atom. The molecule has 0 aliphatic heterocycles. The van der Waals surface area contributed by atoms with E-state index in [1.807, 2.05) is 19.9 Å². The molecule has 0 aromatic heterocycles. The maximum absolute atomic E-state index is 13.8. The number of hydrogen-bond donors (Lipinski definition) is 1. The van der Waals surface area contributed by atoms with Gasteiger partial charge in [-0.3, -0.25) is 4.79 Å². The molecule has 0 radical (unpaired) electrons. The van der Waals surface area contributed by atoms with Gasteiger partial charge in [-0.1, -0.05) is 12.1 Å². The highest BCUT2D eigenvalue weighted by Crippen LogP contribution is 2.30. The van der Waals surface area contributed by atoms with Gasteiger partial charge in [-0.05, 0) is 53.5 Å². The van der Waals surface area contributed by atoms with Gasteiger partial charge in [0.15, 0.2) is 0 Å². The van der Waals surface area contributed by atoms with Crippen LogP contribution in [0.2, 0.25) is 0 Å². The minimum absolute atomic E-state index is 0.0172. The molecule has 2 aromatic rings. The molecule has 1 N–H and O–H groups in total. The van der Waals surface area contributed by atoms with Crippen molar-refractivity contribution in [1.82, 2.24) is 0 Å². The van der Waals surface area contributed by atoms with Gasteiger partial charge >= 0.3 is 0 Å². The standard InChI is InChI=1S/C16H15BrFNO2/c1-9-7-8-13(10(2)15(9)21-3)19-16(20)14-11(17)5-4-6-12(14)18/h4-8H,1-3H3,(H,19,20). The van der Waals surface area contributed by atoms with Crippen molar-refractivity contribution < 1.29 is 13.9 Å². The van der Waals surface area contributed by atoms with E-state index in [0.717, 1.165) is 11.1 Å². The van der Waals surface area contributed by atoms with Crippen LogP contribution in [0.1, 0.15) is 21.5 Å². The van der Waals surface area contributed by atoms with E-state index in [0.29, 0.717) is 15.9 Å². The Balaban J connectivity index is 2.37. The molecule has 0 fully saturated rings. The van der Waals surface area contributed by atoms with Crippen LogP contribution in [-0.4, -0.2) is 13.0 Å². The third-order valence-corrected chi connectivity index (χ3v) is 3.91. The number of anilines is 1. The van der Waals surface area contributed by atoms with Crippen molar-refractivity contribution in [3.63, 3.8) is 0 Å². The molecule has 0 spiro atoms. The van der Waals surface area contributed by atoms with Crippen LogP contribution >= 0.6 is 15.9 Å². The van der Waals surface area contributed by atoms with Crippen molar-refractivity contribution in [2.75, 3.05) is 12.4 Å². The Kier molecular flexibility index (Phi) is 4.63. The van der Waals surface area contributed by atoms with E-state index in [4.69, 9.17) is 4.74 Å². The van der Waals surface area contributed by atoms with E-state index in [9.17, 15) is 9.18 Å². The lowest BCUT2D eigenvalue weighted by molar-refractivity contribution is 0.102. The van der Waals surface area contributed by atoms with Gasteiger partial charge in [0.25, 0.3) is 5.91 Å². The molecule has 5 heteroatoms. The normalized spacial score (nSPS) is 10.3. The van der Waals surface area contributed by atoms with E-state index in [2.05, 4.69) is 21.2 Å². The lowest BCUT2D eigenvalue weighted by Crippen LogP contribution is -2.15. The molecule has 2 rings (SSSR count). The molecule has 2 aromatic carbocycles. The third kappa shape index (κ3) is 3.08. The van der Waals surface area contributed by atoms with Crippen molar-refractivity contribution in [1.29, 1.82) is 0 Å². The van der Waals surface area contributed by atoms with Gasteiger partial charge in [-0.15, -0.1) is 0 Å². The summed E-state index contributed by atoms with van der Waals surface area (Å²) in [6.07, 6.45) is 0. The Morgan fingerprint density at radius 1 is 1.24 bits per heavy atom. The smallest absolute Gasteiger partial charge is 0.259 e. The quantitative estimate of drug-likeness (QED) is 0.885. The van der Waals surface area contributed by atoms with E-state index in [1.54, 1.807) is 19.2 Å². The van der Waals surface area contributed by atoms with Gasteiger partial charge in [-0.2, -0.15) is 0 Å². The summed E-state index contributed by atoms with van der Waals surface area (Å²) < 4.78 is 19.5. The summed E-state index contributed by atoms with van der Waals surface area (Å²) >= 11 is 3.19. The van der Waals surface area contributed by atoms with Crippen molar-refractivity contribution in [3.05, 3.63) is 57.3 Å². The number of carbonyl (C=O) groups excluding carboxylic acids is 1. The topological polar surface area (TPSA) is 38.3 Å². The first-order valence-electron chi connectivity index (χ1n) is 6.35. The van der Waals surface area contributed by atoms with Gasteiger partial charge in [-0.25, -0.2) is 4.39 Å². The maximum Gasteiger partial charge on any atom is 0.259 e. The monoisotopic (exact) mass is 351 g/mol. The highest BCUT2D eigenvalue weighted by atomic mass is 79.9. The SMILES string of the molecule is COc1c(C)ccc(NC(=O)c2c(F)cccc2Br)c1C. The minimum atomic E-state index is -0.571. The van der Waals surface area contributed by atoms with E-state index >= 15 is 0 Å². The highest BCUT2D eigenvalue weighted by molar-refractivity contribution is 9.10. The number of carbonyl (C=O) groups is 1. The molecule has 0 saturated heterocycles. The predicted molar refractivity (Wildman–Crippen MR) is 84.5 cm³/mol. The van der Waals surface area contributed by atoms with Crippen LogP contribution in [0.5, 0.6) is 5.75 Å². The van der Waals surface area contributed by atoms with Crippen molar-refractivity contribution in [2.24, 2.45) is 0 Å². The summed E-state index contributed by atoms with van der Waals surface area (Å²) in [6.45, 7) is 3.77. The number of benzene rings is 2. The van der Waals surface area contributed by atoms with Gasteiger partial charge in [0.2, 0.25) is 0 Å². The zero-order valence-corrected chi connectivity index (χ0v) is 13.5. The highest BCUT2D eigenvalue weighted by Gasteiger charge is 2.17. The number of amides is 1. The fourth-order valence-electron chi connectivity index (χ4n) is 2.18. The van der Waals surface area contributed by atoms with Crippen molar-refractivity contribution >= 4 is 27.5 Å². The summed E-state index contributed by atoms with van der Waals surface area (Å²) in [5, 5.41) is 2.72. The lowest BCUT2D eigenvalue weighted by Gasteiger charge is -2.14. The van der Waals surface area contributed by atoms with E-state index < -0.39 is 11.7 Å². The summed E-state index contributed by atoms with van der Waals surface area (Å²) in [6, 6.07) is 8.04. The molecule has 0 unspecified atom stereocenters. The van der Waals surface area contributed by atoms with Crippen LogP contribution in [-0.2, 0) is 0 Å². The van der Waals surface area contributed by atoms with Crippen molar-refractivity contribution in [3.8, 4) is 5.75 Å². The number of hydrogen-bond acceptors (Lipinski definition) is 2. The lowest BCUT2D eigenvalue weighted by atomic mass is 10.1. The largest absolute Gasteiger partial charge is 0.496 e. The first-order chi connectivity index (χ1) is 9.95. The summed E-state index contributed by atoms with van der Waals surface area (Å²) in [5.41, 5.74) is 2.35. The zero-order chi connectivity index (χ0) is 15.6. The van der Waals surface area contributed by atoms with Gasteiger partial charge in [0.1, 0.15) is 11.6 Å². The van der Waals surface area contributed by atoms with Crippen LogP contribution in [0.3, 0.4) is 0 Å². The molecule has 0 saturated carbocycles. The molecule has 0 aliphatic carbocycles. The average Bonchev–Trinajstić information content (AvgIpc) is 2.42. The molecule has 0 aliphatic rings. The van der Waals surface area contributed by atoms with E-state index in [1.165, 1.54) is 12.1 Å². The second-order valence-corrected chi connectivity index (χ2v) is 5.49. The van der Waals surface area contributed by atoms with Crippen LogP contribution in [0.4, 0.5) is 10.1 Å². The summed E-state index contributed by atoms with van der Waals surface area (Å²) in [5.74, 6) is -0.368. The first kappa shape index (κ1) is 15.5. The molecule has 21 heavy (non-hydrogen) atoms. The number of rotatable bonds is 3. The fraction of sp³-hybridized carbons (Fsp3) is 0.188. The van der Waals surface area contributed by atoms with Gasteiger partial charge in [0.05, 0.1) is 12.7 Å². The first-order valence-corrected chi connectivity index (χ1v) is 7.14. The van der Waals surface area contributed by atoms with Gasteiger partial charge < -0.3 is 10.1 Å². The number of aryl methyl sites for hydroxylation is 1. The molecular weight excluding hydrogens is 337 g/mol. The maximum atomic E-state index is 13.8. The molecule has 0 atom stereocenters. The molecular formula is C16H15BrFNO2. The fourth-order valence-corrected chi connectivity index (χ4v) is 2.70. The zero-order valence-electron chi connectivity index (χ0n) is 12.0. The summed E-state index contributed by atoms with van der Waals surface area (Å²) in [7, 11) is 1.58. The van der Waals surface area contributed by atoms with Crippen LogP contribution in [0.15, 0.2) is 34.8 Å². The molecule has 3 nitrogen and oxygen atoms in total. The average molecular weight is 352 g/mol. The minimum Gasteiger partial charge on any atom is -0.496 e. The molecule has 110 valence electrons. The predicted octanol–water partition coefficient (Wildman–Crippen LogP) is 4.47. The van der Waals surface area contributed by atoms with Crippen LogP contribution in [0.25, 0.3) is 0 Å². The number of nitrogens with one attached hydrogen (secondary N) is 1. The van der Waals surface area contributed by atoms with Gasteiger partial charge in [0, 0.05) is 15.7 Å². The molecule has 0 heterocycles. The third-order valence-electron chi connectivity index (χ3n) is 3.24. The number of methoxy groups -OCH3 is 1. The summed E-state index contributed by atoms with van der Waals surface area (Å²) in [4.78, 5) is 12.3. The second kappa shape index (κ2) is 6.26. The Bertz CT molecular complexity index is 681. The molecule has 0 bridgehead atoms. The van der Waals surface area contributed by atoms with Crippen LogP contribution < -0.4 is 10.1 Å². The Labute approximate surface area is 131 Å². The second-order valence-electron chi connectivity index (χ2n) is 4.64. The Morgan fingerprint density at radius 2 is 1.95 bits per heavy atom. The number of ether oxygens (including phenoxy) is 1. The van der Waals surface area contributed by atoms with Crippen molar-refractivity contribution in [2.45, 2.75) is 13.8 Å². The van der Waals surface area contributed by atoms with E-state index in [-0.39, 0.29) is 5.56 Å². The van der Waals surface area contributed by atoms with Crippen LogP contribution in [0, 0.1) is 19.7 Å².